The summed E-state index contributed by atoms with van der Waals surface area (Å²) in [5.41, 5.74) is 0. The van der Waals surface area contributed by atoms with Gasteiger partial charge in [0.15, 0.2) is 0 Å². The molecule has 0 rings (SSSR count). The number of allylic oxidation sites excluding steroid dienone is 1. The quantitative estimate of drug-likeness (QED) is 0.613. The first-order valence-corrected chi connectivity index (χ1v) is 4.98. The fourth-order valence-electron chi connectivity index (χ4n) is 0.662. The van der Waals surface area contributed by atoms with Crippen LogP contribution < -0.4 is 0 Å². The summed E-state index contributed by atoms with van der Waals surface area (Å²) in [7, 11) is 3.39. The fraction of sp³-hybridized carbons (Fsp3) is 0.667. The van der Waals surface area contributed by atoms with E-state index in [-0.39, 0.29) is 0 Å². The van der Waals surface area contributed by atoms with Gasteiger partial charge in [0.1, 0.15) is 0 Å². The monoisotopic (exact) mass is 200 g/mol. The number of hydrogen-bond acceptors (Lipinski definition) is 2. The van der Waals surface area contributed by atoms with Gasteiger partial charge in [-0.2, -0.15) is 0 Å². The third kappa shape index (κ3) is 17.5. The number of methoxy groups -OCH3 is 2. The lowest BCUT2D eigenvalue weighted by Gasteiger charge is -1.99. The molecule has 2 nitrogen and oxygen atoms in total. The molecule has 0 aromatic carbocycles. The highest BCUT2D eigenvalue weighted by Crippen LogP contribution is 1.92. The Balaban J connectivity index is 0. The first-order chi connectivity index (χ1) is 6.72. The summed E-state index contributed by atoms with van der Waals surface area (Å²) >= 11 is 0. The highest BCUT2D eigenvalue weighted by Gasteiger charge is 1.89. The number of hydrogen-bond donors (Lipinski definition) is 0. The maximum atomic E-state index is 4.82. The normalized spacial score (nSPS) is 12.0. The van der Waals surface area contributed by atoms with Gasteiger partial charge in [-0.1, -0.05) is 32.1 Å². The molecule has 0 N–H and O–H groups in total. The lowest BCUT2D eigenvalue weighted by atomic mass is 10.2. The van der Waals surface area contributed by atoms with Crippen molar-refractivity contribution in [2.45, 2.75) is 20.3 Å². The van der Waals surface area contributed by atoms with E-state index in [1.807, 2.05) is 12.2 Å². The first kappa shape index (κ1) is 15.9. The molecule has 0 amide bonds. The van der Waals surface area contributed by atoms with Crippen LogP contribution in [0.2, 0.25) is 0 Å². The Hall–Kier alpha value is -0.600. The van der Waals surface area contributed by atoms with E-state index in [1.165, 1.54) is 0 Å². The van der Waals surface area contributed by atoms with Crippen LogP contribution in [0.1, 0.15) is 20.3 Å². The second-order valence-corrected chi connectivity index (χ2v) is 3.00. The first-order valence-electron chi connectivity index (χ1n) is 4.98. The molecule has 0 aliphatic carbocycles. The Labute approximate surface area is 88.6 Å². The lowest BCUT2D eigenvalue weighted by molar-refractivity contribution is 0.176. The topological polar surface area (TPSA) is 18.5 Å². The molecule has 0 radical (unpaired) electrons. The molecule has 0 heterocycles. The summed E-state index contributed by atoms with van der Waals surface area (Å²) in [6, 6.07) is 0. The van der Waals surface area contributed by atoms with Crippen molar-refractivity contribution in [2.24, 2.45) is 5.92 Å². The summed E-state index contributed by atoms with van der Waals surface area (Å²) < 4.78 is 9.58. The van der Waals surface area contributed by atoms with Gasteiger partial charge in [-0.3, -0.25) is 0 Å². The minimum absolute atomic E-state index is 0.491. The van der Waals surface area contributed by atoms with Gasteiger partial charge in [0.05, 0.1) is 13.2 Å². The van der Waals surface area contributed by atoms with Crippen LogP contribution >= 0.6 is 0 Å². The molecule has 1 unspecified atom stereocenters. The van der Waals surface area contributed by atoms with Gasteiger partial charge in [0, 0.05) is 14.2 Å². The van der Waals surface area contributed by atoms with Gasteiger partial charge in [-0.05, 0) is 12.3 Å². The predicted octanol–water partition coefficient (Wildman–Crippen LogP) is 3.05. The van der Waals surface area contributed by atoms with Crippen LogP contribution in [0.5, 0.6) is 0 Å². The van der Waals surface area contributed by atoms with E-state index in [1.54, 1.807) is 14.2 Å². The molecule has 14 heavy (non-hydrogen) atoms. The van der Waals surface area contributed by atoms with Gasteiger partial charge >= 0.3 is 0 Å². The van der Waals surface area contributed by atoms with Gasteiger partial charge in [-0.15, -0.1) is 6.58 Å². The fourth-order valence-corrected chi connectivity index (χ4v) is 0.662. The largest absolute Gasteiger partial charge is 0.384 e. The average molecular weight is 200 g/mol. The Kier molecular flexibility index (Phi) is 16.9. The van der Waals surface area contributed by atoms with E-state index in [4.69, 9.17) is 9.47 Å². The summed E-state index contributed by atoms with van der Waals surface area (Å²) in [5, 5.41) is 0. The molecule has 0 bridgehead atoms. The van der Waals surface area contributed by atoms with Gasteiger partial charge in [0.2, 0.25) is 0 Å². The Bertz CT molecular complexity index is 130. The third-order valence-corrected chi connectivity index (χ3v) is 1.50. The van der Waals surface area contributed by atoms with Crippen molar-refractivity contribution in [1.29, 1.82) is 0 Å². The van der Waals surface area contributed by atoms with Gasteiger partial charge < -0.3 is 9.47 Å². The molecule has 0 aliphatic rings. The van der Waals surface area contributed by atoms with Crippen LogP contribution in [0, 0.1) is 5.92 Å². The maximum absolute atomic E-state index is 4.82. The van der Waals surface area contributed by atoms with Crippen molar-refractivity contribution in [3.05, 3.63) is 24.8 Å². The zero-order chi connectivity index (χ0) is 11.2. The highest BCUT2D eigenvalue weighted by atomic mass is 16.5. The second-order valence-electron chi connectivity index (χ2n) is 3.00. The zero-order valence-corrected chi connectivity index (χ0v) is 9.95. The molecule has 1 atom stereocenters. The molecule has 0 aliphatic heterocycles. The van der Waals surface area contributed by atoms with E-state index < -0.39 is 0 Å². The predicted molar refractivity (Wildman–Crippen MR) is 62.5 cm³/mol. The van der Waals surface area contributed by atoms with E-state index >= 15 is 0 Å². The van der Waals surface area contributed by atoms with Crippen LogP contribution in [0.3, 0.4) is 0 Å². The molecule has 2 heteroatoms. The molecular weight excluding hydrogens is 176 g/mol. The molecule has 0 aromatic rings. The summed E-state index contributed by atoms with van der Waals surface area (Å²) in [4.78, 5) is 0. The van der Waals surface area contributed by atoms with Crippen molar-refractivity contribution < 1.29 is 9.47 Å². The van der Waals surface area contributed by atoms with Crippen molar-refractivity contribution in [1.82, 2.24) is 0 Å². The Morgan fingerprint density at radius 2 is 1.86 bits per heavy atom. The molecular formula is C12H24O2. The minimum Gasteiger partial charge on any atom is -0.384 e. The maximum Gasteiger partial charge on any atom is 0.0643 e. The van der Waals surface area contributed by atoms with Gasteiger partial charge in [0.25, 0.3) is 0 Å². The smallest absolute Gasteiger partial charge is 0.0643 e. The van der Waals surface area contributed by atoms with Crippen LogP contribution in [0.25, 0.3) is 0 Å². The molecule has 0 saturated carbocycles. The van der Waals surface area contributed by atoms with Gasteiger partial charge in [-0.25, -0.2) is 0 Å². The van der Waals surface area contributed by atoms with E-state index in [0.29, 0.717) is 5.92 Å². The number of ether oxygens (including phenoxy) is 2. The molecule has 0 saturated heterocycles. The van der Waals surface area contributed by atoms with Crippen molar-refractivity contribution >= 4 is 0 Å². The van der Waals surface area contributed by atoms with E-state index in [2.05, 4.69) is 26.5 Å². The minimum atomic E-state index is 0.491. The van der Waals surface area contributed by atoms with Crippen LogP contribution in [0.4, 0.5) is 0 Å². The molecule has 84 valence electrons. The standard InChI is InChI=1S/2C6H12O/c1-4-6(2)5-7-3;1-3-4-5-6-7-2/h4,6H,1,5H2,2-3H3;4-5H,3,6H2,1-2H3. The lowest BCUT2D eigenvalue weighted by Crippen LogP contribution is -1.97. The van der Waals surface area contributed by atoms with Crippen molar-refractivity contribution in [3.8, 4) is 0 Å². The van der Waals surface area contributed by atoms with Crippen molar-refractivity contribution in [3.63, 3.8) is 0 Å². The van der Waals surface area contributed by atoms with E-state index in [0.717, 1.165) is 19.6 Å². The Morgan fingerprint density at radius 1 is 1.21 bits per heavy atom. The second kappa shape index (κ2) is 14.9. The summed E-state index contributed by atoms with van der Waals surface area (Å²) in [6.07, 6.45) is 7.08. The zero-order valence-electron chi connectivity index (χ0n) is 9.95. The van der Waals surface area contributed by atoms with Crippen LogP contribution in [-0.4, -0.2) is 27.4 Å². The van der Waals surface area contributed by atoms with Crippen LogP contribution in [-0.2, 0) is 9.47 Å². The SMILES string of the molecule is C=CC(C)COC.CCC=CCOC. The Morgan fingerprint density at radius 3 is 2.14 bits per heavy atom. The van der Waals surface area contributed by atoms with Crippen molar-refractivity contribution in [2.75, 3.05) is 27.4 Å². The molecule has 0 aromatic heterocycles. The number of rotatable bonds is 6. The summed E-state index contributed by atoms with van der Waals surface area (Å²) in [6.45, 7) is 9.29. The third-order valence-electron chi connectivity index (χ3n) is 1.50. The molecule has 0 fully saturated rings. The van der Waals surface area contributed by atoms with Crippen LogP contribution in [0.15, 0.2) is 24.8 Å². The average Bonchev–Trinajstić information content (AvgIpc) is 2.20. The molecule has 0 spiro atoms. The van der Waals surface area contributed by atoms with E-state index in [9.17, 15) is 0 Å². The summed E-state index contributed by atoms with van der Waals surface area (Å²) in [5.74, 6) is 0.491. The highest BCUT2D eigenvalue weighted by molar-refractivity contribution is 4.79.